The molecule has 0 bridgehead atoms. The summed E-state index contributed by atoms with van der Waals surface area (Å²) < 4.78 is 27.5. The molecule has 1 fully saturated rings. The van der Waals surface area contributed by atoms with Gasteiger partial charge in [-0.05, 0) is 43.0 Å². The minimum Gasteiger partial charge on any atom is -0.399 e. The van der Waals surface area contributed by atoms with Gasteiger partial charge in [-0.2, -0.15) is 0 Å². The Labute approximate surface area is 115 Å². The number of hydrogen-bond donors (Lipinski definition) is 2. The van der Waals surface area contributed by atoms with Crippen molar-refractivity contribution in [2.75, 3.05) is 5.73 Å². The molecule has 2 atom stereocenters. The van der Waals surface area contributed by atoms with Crippen LogP contribution in [0, 0.1) is 5.92 Å². The van der Waals surface area contributed by atoms with E-state index in [-0.39, 0.29) is 10.9 Å². The molecule has 106 valence electrons. The fraction of sp³-hybridized carbons (Fsp3) is 0.571. The van der Waals surface area contributed by atoms with Crippen molar-refractivity contribution in [3.8, 4) is 0 Å². The molecule has 4 nitrogen and oxygen atoms in total. The van der Waals surface area contributed by atoms with Gasteiger partial charge in [0, 0.05) is 11.7 Å². The zero-order chi connectivity index (χ0) is 13.9. The van der Waals surface area contributed by atoms with Crippen molar-refractivity contribution in [2.45, 2.75) is 50.0 Å². The normalized spacial score (nSPS) is 24.9. The molecule has 2 rings (SSSR count). The van der Waals surface area contributed by atoms with Gasteiger partial charge in [0.25, 0.3) is 0 Å². The van der Waals surface area contributed by atoms with Crippen LogP contribution < -0.4 is 10.5 Å². The molecule has 0 heterocycles. The van der Waals surface area contributed by atoms with Gasteiger partial charge in [0.1, 0.15) is 0 Å². The highest BCUT2D eigenvalue weighted by Crippen LogP contribution is 2.24. The first-order chi connectivity index (χ1) is 8.99. The largest absolute Gasteiger partial charge is 0.399 e. The van der Waals surface area contributed by atoms with Crippen molar-refractivity contribution in [3.05, 3.63) is 24.3 Å². The third-order valence-corrected chi connectivity index (χ3v) is 5.36. The molecule has 0 aromatic heterocycles. The third kappa shape index (κ3) is 3.70. The number of nitrogens with two attached hydrogens (primary N) is 1. The minimum absolute atomic E-state index is 0.0463. The standard InChI is InChI=1S/C14H22N2O2S/c1-11-5-3-2-4-6-14(11)16-19(17,18)13-9-7-12(15)8-10-13/h7-11,14,16H,2-6,15H2,1H3. The van der Waals surface area contributed by atoms with E-state index in [1.54, 1.807) is 24.3 Å². The van der Waals surface area contributed by atoms with E-state index in [4.69, 9.17) is 5.73 Å². The summed E-state index contributed by atoms with van der Waals surface area (Å²) in [5.41, 5.74) is 6.15. The molecule has 0 spiro atoms. The molecule has 1 aliphatic carbocycles. The summed E-state index contributed by atoms with van der Waals surface area (Å²) in [4.78, 5) is 0.290. The van der Waals surface area contributed by atoms with E-state index >= 15 is 0 Å². The highest BCUT2D eigenvalue weighted by molar-refractivity contribution is 7.89. The molecule has 1 saturated carbocycles. The number of nitrogen functional groups attached to an aromatic ring is 1. The Balaban J connectivity index is 2.13. The maximum absolute atomic E-state index is 12.3. The average Bonchev–Trinajstić information content (AvgIpc) is 2.55. The molecule has 1 aliphatic rings. The first-order valence-electron chi connectivity index (χ1n) is 6.87. The Morgan fingerprint density at radius 3 is 2.42 bits per heavy atom. The summed E-state index contributed by atoms with van der Waals surface area (Å²) in [5, 5.41) is 0. The van der Waals surface area contributed by atoms with Crippen LogP contribution in [-0.4, -0.2) is 14.5 Å². The van der Waals surface area contributed by atoms with Gasteiger partial charge in [0.15, 0.2) is 0 Å². The summed E-state index contributed by atoms with van der Waals surface area (Å²) in [6.07, 6.45) is 5.51. The van der Waals surface area contributed by atoms with Crippen LogP contribution in [-0.2, 0) is 10.0 Å². The molecule has 0 amide bonds. The summed E-state index contributed by atoms with van der Waals surface area (Å²) in [5.74, 6) is 0.394. The molecule has 0 saturated heterocycles. The molecular weight excluding hydrogens is 260 g/mol. The van der Waals surface area contributed by atoms with Crippen LogP contribution >= 0.6 is 0 Å². The van der Waals surface area contributed by atoms with Crippen molar-refractivity contribution in [3.63, 3.8) is 0 Å². The molecule has 3 N–H and O–H groups in total. The second kappa shape index (κ2) is 5.92. The second-order valence-electron chi connectivity index (χ2n) is 5.41. The Hall–Kier alpha value is -1.07. The number of hydrogen-bond acceptors (Lipinski definition) is 3. The maximum Gasteiger partial charge on any atom is 0.240 e. The first-order valence-corrected chi connectivity index (χ1v) is 8.35. The van der Waals surface area contributed by atoms with E-state index in [1.165, 1.54) is 12.8 Å². The summed E-state index contributed by atoms with van der Waals surface area (Å²) in [6, 6.07) is 6.39. The predicted octanol–water partition coefficient (Wildman–Crippen LogP) is 2.52. The van der Waals surface area contributed by atoms with E-state index in [2.05, 4.69) is 11.6 Å². The molecule has 1 aromatic carbocycles. The van der Waals surface area contributed by atoms with Gasteiger partial charge in [0.2, 0.25) is 10.0 Å². The Kier molecular flexibility index (Phi) is 4.47. The highest BCUT2D eigenvalue weighted by Gasteiger charge is 2.25. The molecule has 0 radical (unpaired) electrons. The summed E-state index contributed by atoms with van der Waals surface area (Å²) >= 11 is 0. The third-order valence-electron chi connectivity index (χ3n) is 3.86. The van der Waals surface area contributed by atoms with Gasteiger partial charge in [-0.3, -0.25) is 0 Å². The van der Waals surface area contributed by atoms with Crippen molar-refractivity contribution < 1.29 is 8.42 Å². The van der Waals surface area contributed by atoms with Gasteiger partial charge in [0.05, 0.1) is 4.90 Å². The van der Waals surface area contributed by atoms with E-state index in [0.29, 0.717) is 11.6 Å². The van der Waals surface area contributed by atoms with Gasteiger partial charge >= 0.3 is 0 Å². The number of rotatable bonds is 3. The van der Waals surface area contributed by atoms with Gasteiger partial charge < -0.3 is 5.73 Å². The van der Waals surface area contributed by atoms with E-state index in [9.17, 15) is 8.42 Å². The van der Waals surface area contributed by atoms with Crippen molar-refractivity contribution in [1.82, 2.24) is 4.72 Å². The summed E-state index contributed by atoms with van der Waals surface area (Å²) in [6.45, 7) is 2.13. The predicted molar refractivity (Wildman–Crippen MR) is 77.2 cm³/mol. The molecule has 2 unspecified atom stereocenters. The lowest BCUT2D eigenvalue weighted by Crippen LogP contribution is -2.38. The smallest absolute Gasteiger partial charge is 0.240 e. The van der Waals surface area contributed by atoms with Gasteiger partial charge in [-0.1, -0.05) is 26.2 Å². The summed E-state index contributed by atoms with van der Waals surface area (Å²) in [7, 11) is -3.43. The lowest BCUT2D eigenvalue weighted by molar-refractivity contribution is 0.399. The minimum atomic E-state index is -3.43. The quantitative estimate of drug-likeness (QED) is 0.661. The first kappa shape index (κ1) is 14.3. The average molecular weight is 282 g/mol. The van der Waals surface area contributed by atoms with E-state index in [1.807, 2.05) is 0 Å². The molecule has 0 aliphatic heterocycles. The SMILES string of the molecule is CC1CCCCCC1NS(=O)(=O)c1ccc(N)cc1. The monoisotopic (exact) mass is 282 g/mol. The lowest BCUT2D eigenvalue weighted by atomic mass is 9.98. The van der Waals surface area contributed by atoms with Crippen molar-refractivity contribution in [1.29, 1.82) is 0 Å². The van der Waals surface area contributed by atoms with Crippen LogP contribution in [0.3, 0.4) is 0 Å². The van der Waals surface area contributed by atoms with Crippen molar-refractivity contribution in [2.24, 2.45) is 5.92 Å². The van der Waals surface area contributed by atoms with E-state index < -0.39 is 10.0 Å². The molecule has 1 aromatic rings. The number of nitrogens with one attached hydrogen (secondary N) is 1. The van der Waals surface area contributed by atoms with Crippen LogP contribution in [0.4, 0.5) is 5.69 Å². The van der Waals surface area contributed by atoms with Crippen LogP contribution in [0.15, 0.2) is 29.2 Å². The molecular formula is C14H22N2O2S. The van der Waals surface area contributed by atoms with Crippen LogP contribution in [0.25, 0.3) is 0 Å². The van der Waals surface area contributed by atoms with E-state index in [0.717, 1.165) is 19.3 Å². The van der Waals surface area contributed by atoms with Crippen LogP contribution in [0.1, 0.15) is 39.0 Å². The zero-order valence-corrected chi connectivity index (χ0v) is 12.1. The fourth-order valence-electron chi connectivity index (χ4n) is 2.58. The Morgan fingerprint density at radius 1 is 1.11 bits per heavy atom. The molecule has 5 heteroatoms. The van der Waals surface area contributed by atoms with Gasteiger partial charge in [-0.25, -0.2) is 13.1 Å². The maximum atomic E-state index is 12.3. The number of anilines is 1. The lowest BCUT2D eigenvalue weighted by Gasteiger charge is -2.22. The number of sulfonamides is 1. The number of benzene rings is 1. The van der Waals surface area contributed by atoms with Crippen molar-refractivity contribution >= 4 is 15.7 Å². The highest BCUT2D eigenvalue weighted by atomic mass is 32.2. The Bertz CT molecular complexity index is 511. The Morgan fingerprint density at radius 2 is 1.74 bits per heavy atom. The van der Waals surface area contributed by atoms with Crippen LogP contribution in [0.2, 0.25) is 0 Å². The molecule has 19 heavy (non-hydrogen) atoms. The zero-order valence-electron chi connectivity index (χ0n) is 11.3. The van der Waals surface area contributed by atoms with Crippen LogP contribution in [0.5, 0.6) is 0 Å². The van der Waals surface area contributed by atoms with Gasteiger partial charge in [-0.15, -0.1) is 0 Å². The topological polar surface area (TPSA) is 72.2 Å². The fourth-order valence-corrected chi connectivity index (χ4v) is 3.96. The second-order valence-corrected chi connectivity index (χ2v) is 7.13.